The molecule has 1 aromatic carbocycles. The SMILES string of the molecule is COc1cc(N)ccc1C(=O)OC1CC(C)(C)OC1(C)C. The Balaban J connectivity index is 2.19. The molecule has 1 fully saturated rings. The highest BCUT2D eigenvalue weighted by Gasteiger charge is 2.48. The molecule has 1 saturated heterocycles. The zero-order valence-corrected chi connectivity index (χ0v) is 13.2. The molecule has 0 aliphatic carbocycles. The number of rotatable bonds is 3. The van der Waals surface area contributed by atoms with Gasteiger partial charge in [0.15, 0.2) is 0 Å². The Labute approximate surface area is 125 Å². The van der Waals surface area contributed by atoms with Crippen molar-refractivity contribution in [1.29, 1.82) is 0 Å². The zero-order valence-electron chi connectivity index (χ0n) is 13.2. The molecule has 0 bridgehead atoms. The first-order valence-corrected chi connectivity index (χ1v) is 6.99. The van der Waals surface area contributed by atoms with Crippen LogP contribution in [0.2, 0.25) is 0 Å². The van der Waals surface area contributed by atoms with Crippen molar-refractivity contribution < 1.29 is 19.0 Å². The first-order chi connectivity index (χ1) is 9.64. The standard InChI is InChI=1S/C16H23NO4/c1-15(2)9-13(16(3,4)21-15)20-14(18)11-7-6-10(17)8-12(11)19-5/h6-8,13H,9,17H2,1-5H3. The van der Waals surface area contributed by atoms with Crippen LogP contribution in [0.5, 0.6) is 5.75 Å². The van der Waals surface area contributed by atoms with Gasteiger partial charge in [-0.15, -0.1) is 0 Å². The third kappa shape index (κ3) is 3.29. The van der Waals surface area contributed by atoms with Crippen LogP contribution in [0.25, 0.3) is 0 Å². The van der Waals surface area contributed by atoms with Crippen molar-refractivity contribution in [2.75, 3.05) is 12.8 Å². The van der Waals surface area contributed by atoms with Gasteiger partial charge < -0.3 is 19.9 Å². The van der Waals surface area contributed by atoms with E-state index in [9.17, 15) is 4.79 Å². The summed E-state index contributed by atoms with van der Waals surface area (Å²) in [6.45, 7) is 7.85. The second-order valence-corrected chi connectivity index (χ2v) is 6.52. The molecule has 0 amide bonds. The summed E-state index contributed by atoms with van der Waals surface area (Å²) in [7, 11) is 1.50. The number of nitrogens with two attached hydrogens (primary N) is 1. The van der Waals surface area contributed by atoms with Crippen LogP contribution in [-0.4, -0.2) is 30.4 Å². The van der Waals surface area contributed by atoms with E-state index in [0.717, 1.165) is 0 Å². The smallest absolute Gasteiger partial charge is 0.342 e. The minimum Gasteiger partial charge on any atom is -0.496 e. The number of esters is 1. The number of hydrogen-bond acceptors (Lipinski definition) is 5. The summed E-state index contributed by atoms with van der Waals surface area (Å²) in [4.78, 5) is 12.4. The molecule has 116 valence electrons. The Morgan fingerprint density at radius 2 is 2.00 bits per heavy atom. The van der Waals surface area contributed by atoms with E-state index in [2.05, 4.69) is 0 Å². The number of ether oxygens (including phenoxy) is 3. The largest absolute Gasteiger partial charge is 0.496 e. The van der Waals surface area contributed by atoms with E-state index in [0.29, 0.717) is 23.4 Å². The number of nitrogen functional groups attached to an aromatic ring is 1. The van der Waals surface area contributed by atoms with Crippen molar-refractivity contribution in [3.63, 3.8) is 0 Å². The van der Waals surface area contributed by atoms with Gasteiger partial charge in [0.05, 0.1) is 12.7 Å². The van der Waals surface area contributed by atoms with Crippen molar-refractivity contribution in [3.05, 3.63) is 23.8 Å². The Morgan fingerprint density at radius 3 is 2.52 bits per heavy atom. The lowest BCUT2D eigenvalue weighted by Gasteiger charge is -2.26. The number of anilines is 1. The fourth-order valence-electron chi connectivity index (χ4n) is 2.76. The van der Waals surface area contributed by atoms with E-state index >= 15 is 0 Å². The molecule has 5 heteroatoms. The fraction of sp³-hybridized carbons (Fsp3) is 0.562. The molecular weight excluding hydrogens is 270 g/mol. The summed E-state index contributed by atoms with van der Waals surface area (Å²) < 4.78 is 16.8. The Morgan fingerprint density at radius 1 is 1.33 bits per heavy atom. The van der Waals surface area contributed by atoms with Crippen molar-refractivity contribution in [2.45, 2.75) is 51.4 Å². The van der Waals surface area contributed by atoms with E-state index in [1.807, 2.05) is 27.7 Å². The molecule has 0 aromatic heterocycles. The molecule has 1 heterocycles. The molecule has 21 heavy (non-hydrogen) atoms. The molecule has 0 spiro atoms. The minimum atomic E-state index is -0.514. The Bertz CT molecular complexity index is 551. The molecule has 1 aliphatic rings. The van der Waals surface area contributed by atoms with E-state index in [1.165, 1.54) is 7.11 Å². The molecule has 0 saturated carbocycles. The zero-order chi connectivity index (χ0) is 15.8. The van der Waals surface area contributed by atoms with Crippen LogP contribution in [0.4, 0.5) is 5.69 Å². The van der Waals surface area contributed by atoms with Gasteiger partial charge in [0.2, 0.25) is 0 Å². The normalized spacial score (nSPS) is 22.8. The summed E-state index contributed by atoms with van der Waals surface area (Å²) in [6.07, 6.45) is 0.352. The summed E-state index contributed by atoms with van der Waals surface area (Å²) in [5.74, 6) is -0.0118. The van der Waals surface area contributed by atoms with Gasteiger partial charge in [0.1, 0.15) is 23.0 Å². The van der Waals surface area contributed by atoms with Crippen molar-refractivity contribution >= 4 is 11.7 Å². The molecule has 1 unspecified atom stereocenters. The molecule has 1 aliphatic heterocycles. The maximum Gasteiger partial charge on any atom is 0.342 e. The number of benzene rings is 1. The van der Waals surface area contributed by atoms with Gasteiger partial charge >= 0.3 is 5.97 Å². The molecule has 1 atom stereocenters. The predicted molar refractivity (Wildman–Crippen MR) is 80.5 cm³/mol. The summed E-state index contributed by atoms with van der Waals surface area (Å²) >= 11 is 0. The van der Waals surface area contributed by atoms with E-state index in [1.54, 1.807) is 18.2 Å². The van der Waals surface area contributed by atoms with Crippen LogP contribution in [0.3, 0.4) is 0 Å². The van der Waals surface area contributed by atoms with Crippen molar-refractivity contribution in [1.82, 2.24) is 0 Å². The van der Waals surface area contributed by atoms with E-state index in [-0.39, 0.29) is 11.7 Å². The fourth-order valence-corrected chi connectivity index (χ4v) is 2.76. The summed E-state index contributed by atoms with van der Waals surface area (Å²) in [5.41, 5.74) is 5.78. The van der Waals surface area contributed by atoms with Crippen molar-refractivity contribution in [2.24, 2.45) is 0 Å². The molecule has 2 rings (SSSR count). The van der Waals surface area contributed by atoms with Crippen LogP contribution in [-0.2, 0) is 9.47 Å². The highest BCUT2D eigenvalue weighted by atomic mass is 16.6. The second-order valence-electron chi connectivity index (χ2n) is 6.52. The monoisotopic (exact) mass is 293 g/mol. The Kier molecular flexibility index (Phi) is 3.89. The van der Waals surface area contributed by atoms with Gasteiger partial charge in [-0.3, -0.25) is 0 Å². The maximum atomic E-state index is 12.4. The van der Waals surface area contributed by atoms with Gasteiger partial charge in [-0.1, -0.05) is 0 Å². The molecule has 1 aromatic rings. The number of carbonyl (C=O) groups is 1. The summed E-state index contributed by atoms with van der Waals surface area (Å²) in [6, 6.07) is 4.88. The average Bonchev–Trinajstić information content (AvgIpc) is 2.56. The third-order valence-corrected chi connectivity index (χ3v) is 3.69. The van der Waals surface area contributed by atoms with Gasteiger partial charge in [-0.2, -0.15) is 0 Å². The number of methoxy groups -OCH3 is 1. The van der Waals surface area contributed by atoms with Crippen molar-refractivity contribution in [3.8, 4) is 5.75 Å². The van der Waals surface area contributed by atoms with Crippen LogP contribution in [0.15, 0.2) is 18.2 Å². The maximum absolute atomic E-state index is 12.4. The number of carbonyl (C=O) groups excluding carboxylic acids is 1. The van der Waals surface area contributed by atoms with Gasteiger partial charge in [-0.25, -0.2) is 4.79 Å². The van der Waals surface area contributed by atoms with Crippen LogP contribution >= 0.6 is 0 Å². The lowest BCUT2D eigenvalue weighted by atomic mass is 9.97. The highest BCUT2D eigenvalue weighted by Crippen LogP contribution is 2.39. The molecule has 5 nitrogen and oxygen atoms in total. The highest BCUT2D eigenvalue weighted by molar-refractivity contribution is 5.93. The van der Waals surface area contributed by atoms with Crippen LogP contribution in [0, 0.1) is 0 Å². The quantitative estimate of drug-likeness (QED) is 0.685. The average molecular weight is 293 g/mol. The number of hydrogen-bond donors (Lipinski definition) is 1. The lowest BCUT2D eigenvalue weighted by molar-refractivity contribution is -0.0925. The van der Waals surface area contributed by atoms with Gasteiger partial charge in [0, 0.05) is 18.2 Å². The first kappa shape index (κ1) is 15.6. The summed E-state index contributed by atoms with van der Waals surface area (Å²) in [5, 5.41) is 0. The van der Waals surface area contributed by atoms with Crippen LogP contribution in [0.1, 0.15) is 44.5 Å². The van der Waals surface area contributed by atoms with E-state index < -0.39 is 11.6 Å². The minimum absolute atomic E-state index is 0.303. The second kappa shape index (κ2) is 5.22. The third-order valence-electron chi connectivity index (χ3n) is 3.69. The van der Waals surface area contributed by atoms with E-state index in [4.69, 9.17) is 19.9 Å². The topological polar surface area (TPSA) is 70.8 Å². The first-order valence-electron chi connectivity index (χ1n) is 6.99. The lowest BCUT2D eigenvalue weighted by Crippen LogP contribution is -2.36. The molecule has 2 N–H and O–H groups in total. The van der Waals surface area contributed by atoms with Crippen LogP contribution < -0.4 is 10.5 Å². The van der Waals surface area contributed by atoms with Gasteiger partial charge in [0.25, 0.3) is 0 Å². The Hall–Kier alpha value is -1.75. The molecular formula is C16H23NO4. The van der Waals surface area contributed by atoms with Gasteiger partial charge in [-0.05, 0) is 39.8 Å². The predicted octanol–water partition coefficient (Wildman–Crippen LogP) is 2.78. The molecule has 0 radical (unpaired) electrons.